The van der Waals surface area contributed by atoms with E-state index < -0.39 is 0 Å². The molecule has 8 nitrogen and oxygen atoms in total. The highest BCUT2D eigenvalue weighted by Gasteiger charge is 2.19. The predicted molar refractivity (Wildman–Crippen MR) is 99.5 cm³/mol. The molecule has 3 heterocycles. The molecule has 3 rings (SSSR count). The van der Waals surface area contributed by atoms with Crippen molar-refractivity contribution in [2.45, 2.75) is 52.5 Å². The van der Waals surface area contributed by atoms with Gasteiger partial charge in [-0.05, 0) is 26.3 Å². The van der Waals surface area contributed by atoms with Crippen LogP contribution in [0.5, 0.6) is 0 Å². The van der Waals surface area contributed by atoms with Crippen LogP contribution in [0.15, 0.2) is 18.5 Å². The molecule has 142 valence electrons. The molecule has 1 aliphatic rings. The fraction of sp³-hybridized carbons (Fsp3) is 0.611. The lowest BCUT2D eigenvalue weighted by Crippen LogP contribution is -2.34. The van der Waals surface area contributed by atoms with Gasteiger partial charge in [-0.2, -0.15) is 5.10 Å². The number of imidazole rings is 1. The Balaban J connectivity index is 1.66. The Morgan fingerprint density at radius 3 is 2.88 bits per heavy atom. The van der Waals surface area contributed by atoms with Gasteiger partial charge in [0.1, 0.15) is 5.82 Å². The van der Waals surface area contributed by atoms with Crippen molar-refractivity contribution >= 4 is 6.03 Å². The molecule has 0 unspecified atom stereocenters. The van der Waals surface area contributed by atoms with Crippen LogP contribution >= 0.6 is 0 Å². The summed E-state index contributed by atoms with van der Waals surface area (Å²) in [4.78, 5) is 20.2. The van der Waals surface area contributed by atoms with Gasteiger partial charge in [-0.15, -0.1) is 0 Å². The van der Waals surface area contributed by atoms with E-state index in [1.807, 2.05) is 12.4 Å². The molecule has 2 aromatic rings. The monoisotopic (exact) mass is 359 g/mol. The summed E-state index contributed by atoms with van der Waals surface area (Å²) in [7, 11) is 3.47. The van der Waals surface area contributed by atoms with Gasteiger partial charge >= 0.3 is 6.03 Å². The van der Waals surface area contributed by atoms with Crippen LogP contribution in [0.25, 0.3) is 0 Å². The van der Waals surface area contributed by atoms with Crippen molar-refractivity contribution in [2.24, 2.45) is 0 Å². The first-order valence-electron chi connectivity index (χ1n) is 9.19. The molecule has 2 amide bonds. The smallest absolute Gasteiger partial charge is 0.317 e. The Hall–Kier alpha value is -2.35. The summed E-state index contributed by atoms with van der Waals surface area (Å²) in [6, 6.07) is 2.41. The molecule has 0 aromatic carbocycles. The topological polar surface area (TPSA) is 71.2 Å². The van der Waals surface area contributed by atoms with Crippen LogP contribution in [0.2, 0.25) is 0 Å². The Morgan fingerprint density at radius 1 is 1.35 bits per heavy atom. The van der Waals surface area contributed by atoms with Crippen LogP contribution < -0.4 is 5.32 Å². The van der Waals surface area contributed by atoms with Gasteiger partial charge in [0.15, 0.2) is 0 Å². The summed E-state index contributed by atoms with van der Waals surface area (Å²) in [5, 5.41) is 7.53. The van der Waals surface area contributed by atoms with Crippen molar-refractivity contribution in [2.75, 3.05) is 20.6 Å². The van der Waals surface area contributed by atoms with Gasteiger partial charge in [0, 0.05) is 52.2 Å². The lowest BCUT2D eigenvalue weighted by Gasteiger charge is -2.21. The fourth-order valence-electron chi connectivity index (χ4n) is 3.27. The second-order valence-corrected chi connectivity index (χ2v) is 7.31. The number of hydrogen-bond acceptors (Lipinski definition) is 4. The van der Waals surface area contributed by atoms with E-state index in [1.165, 1.54) is 10.6 Å². The zero-order valence-electron chi connectivity index (χ0n) is 16.1. The molecular formula is C18H29N7O. The van der Waals surface area contributed by atoms with Crippen LogP contribution in [0.4, 0.5) is 4.79 Å². The molecular weight excluding hydrogens is 330 g/mol. The number of carbonyl (C=O) groups is 1. The third-order valence-corrected chi connectivity index (χ3v) is 4.64. The number of aromatic nitrogens is 4. The van der Waals surface area contributed by atoms with Crippen molar-refractivity contribution < 1.29 is 4.79 Å². The Labute approximate surface area is 154 Å². The van der Waals surface area contributed by atoms with Crippen molar-refractivity contribution in [3.63, 3.8) is 0 Å². The third kappa shape index (κ3) is 4.24. The minimum atomic E-state index is -0.102. The third-order valence-electron chi connectivity index (χ3n) is 4.64. The van der Waals surface area contributed by atoms with Crippen molar-refractivity contribution in [1.29, 1.82) is 0 Å². The van der Waals surface area contributed by atoms with Gasteiger partial charge in [-0.25, -0.2) is 9.78 Å². The van der Waals surface area contributed by atoms with E-state index >= 15 is 0 Å². The molecule has 0 radical (unpaired) electrons. The molecule has 0 spiro atoms. The number of rotatable bonds is 5. The number of nitrogens with one attached hydrogen (secondary N) is 1. The minimum Gasteiger partial charge on any atom is -0.332 e. The molecule has 0 atom stereocenters. The second-order valence-electron chi connectivity index (χ2n) is 7.31. The number of carbonyl (C=O) groups excluding carboxylic acids is 1. The summed E-state index contributed by atoms with van der Waals surface area (Å²) < 4.78 is 4.30. The van der Waals surface area contributed by atoms with Gasteiger partial charge in [-0.3, -0.25) is 9.58 Å². The van der Waals surface area contributed by atoms with Crippen LogP contribution in [0.3, 0.4) is 0 Å². The van der Waals surface area contributed by atoms with Crippen LogP contribution in [-0.2, 0) is 26.2 Å². The van der Waals surface area contributed by atoms with E-state index in [1.54, 1.807) is 14.1 Å². The van der Waals surface area contributed by atoms with Gasteiger partial charge in [0.2, 0.25) is 0 Å². The van der Waals surface area contributed by atoms with Crippen LogP contribution in [-0.4, -0.2) is 55.8 Å². The minimum absolute atomic E-state index is 0.102. The molecule has 1 N–H and O–H groups in total. The SMILES string of the molecule is CC(C)n1ccnc1CN1CCCn2nc(CNC(=O)N(C)C)cc2C1. The van der Waals surface area contributed by atoms with E-state index in [0.29, 0.717) is 12.6 Å². The summed E-state index contributed by atoms with van der Waals surface area (Å²) in [5.41, 5.74) is 2.10. The van der Waals surface area contributed by atoms with E-state index in [0.717, 1.165) is 44.1 Å². The first-order valence-corrected chi connectivity index (χ1v) is 9.19. The maximum atomic E-state index is 11.7. The molecule has 0 saturated carbocycles. The zero-order valence-corrected chi connectivity index (χ0v) is 16.1. The maximum Gasteiger partial charge on any atom is 0.317 e. The average Bonchev–Trinajstić information content (AvgIpc) is 3.15. The molecule has 0 fully saturated rings. The van der Waals surface area contributed by atoms with Gasteiger partial charge in [0.25, 0.3) is 0 Å². The standard InChI is InChI=1S/C18H29N7O/c1-14(2)24-9-6-19-17(24)13-23-7-5-8-25-16(12-23)10-15(21-25)11-20-18(26)22(3)4/h6,9-10,14H,5,7-8,11-13H2,1-4H3,(H,20,26). The van der Waals surface area contributed by atoms with Crippen molar-refractivity contribution in [1.82, 2.24) is 34.4 Å². The summed E-state index contributed by atoms with van der Waals surface area (Å²) in [5.74, 6) is 1.10. The van der Waals surface area contributed by atoms with Crippen molar-refractivity contribution in [3.8, 4) is 0 Å². The summed E-state index contributed by atoms with van der Waals surface area (Å²) in [6.45, 7) is 8.43. The molecule has 0 saturated heterocycles. The highest BCUT2D eigenvalue weighted by atomic mass is 16.2. The van der Waals surface area contributed by atoms with Gasteiger partial charge in [-0.1, -0.05) is 0 Å². The zero-order chi connectivity index (χ0) is 18.7. The Kier molecular flexibility index (Phi) is 5.61. The first kappa shape index (κ1) is 18.4. The van der Waals surface area contributed by atoms with E-state index in [2.05, 4.69) is 49.5 Å². The first-order chi connectivity index (χ1) is 12.4. The van der Waals surface area contributed by atoms with Crippen LogP contribution in [0, 0.1) is 0 Å². The molecule has 0 bridgehead atoms. The lowest BCUT2D eigenvalue weighted by atomic mass is 10.3. The Bertz CT molecular complexity index is 747. The number of fused-ring (bicyclic) bond motifs is 1. The normalized spacial score (nSPS) is 15.0. The lowest BCUT2D eigenvalue weighted by molar-refractivity contribution is 0.217. The number of amides is 2. The van der Waals surface area contributed by atoms with E-state index in [9.17, 15) is 4.79 Å². The van der Waals surface area contributed by atoms with E-state index in [-0.39, 0.29) is 6.03 Å². The maximum absolute atomic E-state index is 11.7. The number of nitrogens with zero attached hydrogens (tertiary/aromatic N) is 6. The Morgan fingerprint density at radius 2 is 2.15 bits per heavy atom. The number of aryl methyl sites for hydroxylation is 1. The quantitative estimate of drug-likeness (QED) is 0.884. The summed E-state index contributed by atoms with van der Waals surface area (Å²) >= 11 is 0. The predicted octanol–water partition coefficient (Wildman–Crippen LogP) is 1.84. The fourth-order valence-corrected chi connectivity index (χ4v) is 3.27. The van der Waals surface area contributed by atoms with Gasteiger partial charge in [0.05, 0.1) is 24.5 Å². The van der Waals surface area contributed by atoms with E-state index in [4.69, 9.17) is 0 Å². The number of urea groups is 1. The molecule has 26 heavy (non-hydrogen) atoms. The summed E-state index contributed by atoms with van der Waals surface area (Å²) in [6.07, 6.45) is 4.98. The van der Waals surface area contributed by atoms with Crippen LogP contribution in [0.1, 0.15) is 43.5 Å². The highest BCUT2D eigenvalue weighted by Crippen LogP contribution is 2.17. The highest BCUT2D eigenvalue weighted by molar-refractivity contribution is 5.73. The second kappa shape index (κ2) is 7.90. The largest absolute Gasteiger partial charge is 0.332 e. The average molecular weight is 359 g/mol. The number of hydrogen-bond donors (Lipinski definition) is 1. The van der Waals surface area contributed by atoms with Gasteiger partial charge < -0.3 is 14.8 Å². The van der Waals surface area contributed by atoms with Crippen molar-refractivity contribution in [3.05, 3.63) is 35.7 Å². The molecule has 0 aliphatic carbocycles. The molecule has 2 aromatic heterocycles. The molecule has 1 aliphatic heterocycles. The molecule has 8 heteroatoms.